The van der Waals surface area contributed by atoms with Crippen molar-refractivity contribution in [2.75, 3.05) is 13.1 Å². The molecule has 0 bridgehead atoms. The van der Waals surface area contributed by atoms with Gasteiger partial charge in [0.15, 0.2) is 5.76 Å². The predicted octanol–water partition coefficient (Wildman–Crippen LogP) is 2.57. The van der Waals surface area contributed by atoms with Crippen LogP contribution < -0.4 is 10.6 Å². The van der Waals surface area contributed by atoms with E-state index >= 15 is 0 Å². The van der Waals surface area contributed by atoms with Gasteiger partial charge in [0.05, 0.1) is 12.8 Å². The lowest BCUT2D eigenvalue weighted by molar-refractivity contribution is -0.120. The first-order valence-corrected chi connectivity index (χ1v) is 7.71. The van der Waals surface area contributed by atoms with Gasteiger partial charge in [-0.2, -0.15) is 0 Å². The van der Waals surface area contributed by atoms with Crippen molar-refractivity contribution in [3.63, 3.8) is 0 Å². The van der Waals surface area contributed by atoms with Crippen LogP contribution in [0.5, 0.6) is 0 Å². The first-order valence-electron chi connectivity index (χ1n) is 7.71. The van der Waals surface area contributed by atoms with Crippen LogP contribution in [0, 0.1) is 5.92 Å². The summed E-state index contributed by atoms with van der Waals surface area (Å²) in [6, 6.07) is 13.3. The van der Waals surface area contributed by atoms with Gasteiger partial charge in [0.1, 0.15) is 0 Å². The van der Waals surface area contributed by atoms with E-state index in [1.165, 1.54) is 11.8 Å². The molecular formula is C18H22N2O3. The van der Waals surface area contributed by atoms with Gasteiger partial charge in [-0.15, -0.1) is 0 Å². The molecule has 2 aromatic rings. The van der Waals surface area contributed by atoms with E-state index in [2.05, 4.69) is 36.6 Å². The zero-order valence-electron chi connectivity index (χ0n) is 13.4. The third kappa shape index (κ3) is 4.98. The van der Waals surface area contributed by atoms with Gasteiger partial charge in [0.2, 0.25) is 5.91 Å². The second-order valence-corrected chi connectivity index (χ2v) is 5.73. The number of rotatable bonds is 7. The molecule has 5 nitrogen and oxygen atoms in total. The average molecular weight is 314 g/mol. The van der Waals surface area contributed by atoms with Crippen molar-refractivity contribution in [2.45, 2.75) is 19.8 Å². The molecule has 0 aliphatic carbocycles. The molecule has 1 aromatic heterocycles. The lowest BCUT2D eigenvalue weighted by Crippen LogP contribution is -2.39. The van der Waals surface area contributed by atoms with Crippen molar-refractivity contribution in [1.82, 2.24) is 10.6 Å². The number of carbonyl (C=O) groups excluding carboxylic acids is 2. The molecule has 0 saturated heterocycles. The summed E-state index contributed by atoms with van der Waals surface area (Å²) in [5.74, 6) is 0.221. The second kappa shape index (κ2) is 8.17. The Hall–Kier alpha value is -2.56. The Morgan fingerprint density at radius 2 is 1.78 bits per heavy atom. The molecule has 0 aliphatic rings. The molecule has 1 unspecified atom stereocenters. The fraction of sp³-hybridized carbons (Fsp3) is 0.333. The van der Waals surface area contributed by atoms with E-state index in [1.807, 2.05) is 18.2 Å². The normalized spacial score (nSPS) is 12.0. The van der Waals surface area contributed by atoms with Crippen molar-refractivity contribution in [3.05, 3.63) is 60.1 Å². The van der Waals surface area contributed by atoms with Crippen LogP contribution in [0.15, 0.2) is 53.1 Å². The summed E-state index contributed by atoms with van der Waals surface area (Å²) in [5.41, 5.74) is 1.20. The standard InChI is InChI=1S/C18H22N2O3/c1-13(2)15(14-7-4-3-5-8-14)11-19-17(21)12-20-18(22)16-9-6-10-23-16/h3-10,13,15H,11-12H2,1-2H3,(H,19,21)(H,20,22). The number of hydrogen-bond donors (Lipinski definition) is 2. The summed E-state index contributed by atoms with van der Waals surface area (Å²) in [7, 11) is 0. The molecule has 5 heteroatoms. The molecule has 23 heavy (non-hydrogen) atoms. The molecule has 0 radical (unpaired) electrons. The topological polar surface area (TPSA) is 71.3 Å². The Morgan fingerprint density at radius 1 is 1.04 bits per heavy atom. The summed E-state index contributed by atoms with van der Waals surface area (Å²) < 4.78 is 4.97. The van der Waals surface area contributed by atoms with E-state index in [0.717, 1.165) is 0 Å². The first-order chi connectivity index (χ1) is 11.1. The monoisotopic (exact) mass is 314 g/mol. The smallest absolute Gasteiger partial charge is 0.287 e. The molecule has 1 heterocycles. The van der Waals surface area contributed by atoms with Crippen LogP contribution in [0.2, 0.25) is 0 Å². The maximum Gasteiger partial charge on any atom is 0.287 e. The number of benzene rings is 1. The van der Waals surface area contributed by atoms with E-state index in [4.69, 9.17) is 4.42 Å². The van der Waals surface area contributed by atoms with Crippen molar-refractivity contribution >= 4 is 11.8 Å². The molecule has 0 spiro atoms. The van der Waals surface area contributed by atoms with Crippen molar-refractivity contribution in [1.29, 1.82) is 0 Å². The summed E-state index contributed by atoms with van der Waals surface area (Å²) >= 11 is 0. The highest BCUT2D eigenvalue weighted by Crippen LogP contribution is 2.23. The molecule has 1 atom stereocenters. The zero-order valence-corrected chi connectivity index (χ0v) is 13.4. The molecule has 2 amide bonds. The van der Waals surface area contributed by atoms with Crippen LogP contribution in [0.4, 0.5) is 0 Å². The number of hydrogen-bond acceptors (Lipinski definition) is 3. The van der Waals surface area contributed by atoms with Crippen LogP contribution >= 0.6 is 0 Å². The number of carbonyl (C=O) groups is 2. The Morgan fingerprint density at radius 3 is 2.39 bits per heavy atom. The lowest BCUT2D eigenvalue weighted by atomic mass is 9.88. The molecular weight excluding hydrogens is 292 g/mol. The first kappa shape index (κ1) is 16.8. The summed E-state index contributed by atoms with van der Waals surface area (Å²) in [4.78, 5) is 23.6. The summed E-state index contributed by atoms with van der Waals surface area (Å²) in [6.07, 6.45) is 1.42. The fourth-order valence-electron chi connectivity index (χ4n) is 2.38. The maximum absolute atomic E-state index is 11.9. The van der Waals surface area contributed by atoms with Crippen LogP contribution in [0.25, 0.3) is 0 Å². The van der Waals surface area contributed by atoms with Crippen molar-refractivity contribution in [3.8, 4) is 0 Å². The Bertz CT molecular complexity index is 621. The highest BCUT2D eigenvalue weighted by molar-refractivity contribution is 5.94. The molecule has 0 fully saturated rings. The minimum absolute atomic E-state index is 0.0703. The zero-order chi connectivity index (χ0) is 16.7. The largest absolute Gasteiger partial charge is 0.459 e. The van der Waals surface area contributed by atoms with Gasteiger partial charge in [0, 0.05) is 12.5 Å². The second-order valence-electron chi connectivity index (χ2n) is 5.73. The van der Waals surface area contributed by atoms with E-state index in [0.29, 0.717) is 12.5 Å². The van der Waals surface area contributed by atoms with Crippen molar-refractivity contribution < 1.29 is 14.0 Å². The van der Waals surface area contributed by atoms with E-state index < -0.39 is 5.91 Å². The molecule has 2 N–H and O–H groups in total. The summed E-state index contributed by atoms with van der Waals surface area (Å²) in [6.45, 7) is 4.72. The molecule has 2 rings (SSSR count). The average Bonchev–Trinajstić information content (AvgIpc) is 3.08. The minimum Gasteiger partial charge on any atom is -0.459 e. The van der Waals surface area contributed by atoms with Gasteiger partial charge in [-0.25, -0.2) is 0 Å². The number of furan rings is 1. The number of nitrogens with one attached hydrogen (secondary N) is 2. The molecule has 0 aliphatic heterocycles. The van der Waals surface area contributed by atoms with Gasteiger partial charge in [0.25, 0.3) is 5.91 Å². The van der Waals surface area contributed by atoms with E-state index in [-0.39, 0.29) is 24.1 Å². The highest BCUT2D eigenvalue weighted by Gasteiger charge is 2.17. The third-order valence-electron chi connectivity index (χ3n) is 3.71. The van der Waals surface area contributed by atoms with Crippen molar-refractivity contribution in [2.24, 2.45) is 5.92 Å². The van der Waals surface area contributed by atoms with Gasteiger partial charge in [-0.05, 0) is 23.6 Å². The molecule has 0 saturated carbocycles. The third-order valence-corrected chi connectivity index (χ3v) is 3.71. The Balaban J connectivity index is 1.81. The van der Waals surface area contributed by atoms with Gasteiger partial charge < -0.3 is 15.1 Å². The van der Waals surface area contributed by atoms with Gasteiger partial charge in [-0.3, -0.25) is 9.59 Å². The molecule has 122 valence electrons. The predicted molar refractivity (Wildman–Crippen MR) is 88.1 cm³/mol. The Kier molecular flexibility index (Phi) is 5.97. The lowest BCUT2D eigenvalue weighted by Gasteiger charge is -2.22. The summed E-state index contributed by atoms with van der Waals surface area (Å²) in [5, 5.41) is 5.41. The van der Waals surface area contributed by atoms with Crippen LogP contribution in [0.3, 0.4) is 0 Å². The van der Waals surface area contributed by atoms with Gasteiger partial charge in [-0.1, -0.05) is 44.2 Å². The number of amides is 2. The quantitative estimate of drug-likeness (QED) is 0.825. The SMILES string of the molecule is CC(C)C(CNC(=O)CNC(=O)c1ccco1)c1ccccc1. The molecule has 1 aromatic carbocycles. The van der Waals surface area contributed by atoms with Crippen LogP contribution in [-0.2, 0) is 4.79 Å². The van der Waals surface area contributed by atoms with E-state index in [9.17, 15) is 9.59 Å². The maximum atomic E-state index is 11.9. The highest BCUT2D eigenvalue weighted by atomic mass is 16.3. The van der Waals surface area contributed by atoms with Crippen LogP contribution in [-0.4, -0.2) is 24.9 Å². The fourth-order valence-corrected chi connectivity index (χ4v) is 2.38. The Labute approximate surface area is 136 Å². The van der Waals surface area contributed by atoms with Gasteiger partial charge >= 0.3 is 0 Å². The van der Waals surface area contributed by atoms with Crippen LogP contribution in [0.1, 0.15) is 35.9 Å². The minimum atomic E-state index is -0.395. The van der Waals surface area contributed by atoms with E-state index in [1.54, 1.807) is 12.1 Å².